The van der Waals surface area contributed by atoms with Crippen LogP contribution in [-0.4, -0.2) is 25.9 Å². The van der Waals surface area contributed by atoms with E-state index in [-0.39, 0.29) is 5.97 Å². The molecule has 0 saturated heterocycles. The van der Waals surface area contributed by atoms with E-state index in [1.165, 1.54) is 18.9 Å². The molecule has 0 amide bonds. The molecular weight excluding hydrogens is 226 g/mol. The molecule has 0 spiro atoms. The quantitative estimate of drug-likeness (QED) is 0.485. The lowest BCUT2D eigenvalue weighted by Gasteiger charge is -2.06. The second-order valence-corrected chi connectivity index (χ2v) is 4.22. The van der Waals surface area contributed by atoms with Crippen LogP contribution in [0.4, 0.5) is 5.69 Å². The Hall–Kier alpha value is -1.36. The molecule has 1 aromatic carbocycles. The van der Waals surface area contributed by atoms with Gasteiger partial charge in [0.15, 0.2) is 0 Å². The molecule has 0 heterocycles. The maximum atomic E-state index is 10.9. The van der Waals surface area contributed by atoms with Crippen molar-refractivity contribution < 1.29 is 14.3 Å². The molecule has 0 aliphatic carbocycles. The molecular formula is C11H15NO3S. The van der Waals surface area contributed by atoms with Gasteiger partial charge in [-0.2, -0.15) is 0 Å². The zero-order valence-corrected chi connectivity index (χ0v) is 10.2. The average molecular weight is 241 g/mol. The van der Waals surface area contributed by atoms with Gasteiger partial charge in [0.05, 0.1) is 20.6 Å². The van der Waals surface area contributed by atoms with Gasteiger partial charge in [-0.3, -0.25) is 4.79 Å². The first-order valence-electron chi connectivity index (χ1n) is 4.80. The first-order valence-corrected chi connectivity index (χ1v) is 5.79. The maximum Gasteiger partial charge on any atom is 0.306 e. The summed E-state index contributed by atoms with van der Waals surface area (Å²) < 4.78 is 9.60. The molecule has 0 aliphatic heterocycles. The fourth-order valence-electron chi connectivity index (χ4n) is 1.13. The maximum absolute atomic E-state index is 10.9. The first kappa shape index (κ1) is 12.7. The number of rotatable bonds is 5. The molecule has 1 rings (SSSR count). The summed E-state index contributed by atoms with van der Waals surface area (Å²) in [5, 5.41) is 0. The number of ether oxygens (including phenoxy) is 2. The molecule has 2 N–H and O–H groups in total. The van der Waals surface area contributed by atoms with Crippen molar-refractivity contribution in [2.24, 2.45) is 0 Å². The van der Waals surface area contributed by atoms with Gasteiger partial charge in [-0.15, -0.1) is 11.8 Å². The zero-order valence-electron chi connectivity index (χ0n) is 9.36. The summed E-state index contributed by atoms with van der Waals surface area (Å²) in [7, 11) is 2.98. The van der Waals surface area contributed by atoms with E-state index in [0.29, 0.717) is 17.9 Å². The van der Waals surface area contributed by atoms with Gasteiger partial charge in [-0.05, 0) is 12.1 Å². The van der Waals surface area contributed by atoms with Crippen molar-refractivity contribution in [2.45, 2.75) is 11.3 Å². The van der Waals surface area contributed by atoms with Crippen molar-refractivity contribution in [3.05, 3.63) is 18.2 Å². The second kappa shape index (κ2) is 6.27. The highest BCUT2D eigenvalue weighted by Crippen LogP contribution is 2.28. The number of hydrogen-bond donors (Lipinski definition) is 1. The smallest absolute Gasteiger partial charge is 0.306 e. The van der Waals surface area contributed by atoms with Crippen LogP contribution in [-0.2, 0) is 9.53 Å². The van der Waals surface area contributed by atoms with Crippen molar-refractivity contribution in [1.82, 2.24) is 0 Å². The van der Waals surface area contributed by atoms with Crippen LogP contribution >= 0.6 is 11.8 Å². The van der Waals surface area contributed by atoms with Gasteiger partial charge < -0.3 is 15.2 Å². The summed E-state index contributed by atoms with van der Waals surface area (Å²) in [5.41, 5.74) is 6.49. The van der Waals surface area contributed by atoms with E-state index in [1.807, 2.05) is 12.1 Å². The number of hydrogen-bond acceptors (Lipinski definition) is 5. The van der Waals surface area contributed by atoms with E-state index in [1.54, 1.807) is 13.2 Å². The van der Waals surface area contributed by atoms with Crippen LogP contribution in [0.25, 0.3) is 0 Å². The van der Waals surface area contributed by atoms with Gasteiger partial charge in [0.1, 0.15) is 5.75 Å². The summed E-state index contributed by atoms with van der Waals surface area (Å²) in [6.07, 6.45) is 0.382. The highest BCUT2D eigenvalue weighted by molar-refractivity contribution is 7.99. The minimum atomic E-state index is -0.209. The number of thioether (sulfide) groups is 1. The van der Waals surface area contributed by atoms with Crippen molar-refractivity contribution in [2.75, 3.05) is 25.7 Å². The van der Waals surface area contributed by atoms with Crippen LogP contribution in [0.1, 0.15) is 6.42 Å². The van der Waals surface area contributed by atoms with E-state index in [9.17, 15) is 4.79 Å². The average Bonchev–Trinajstić information content (AvgIpc) is 2.30. The molecule has 0 fully saturated rings. The Bertz CT molecular complexity index is 368. The lowest BCUT2D eigenvalue weighted by molar-refractivity contribution is -0.140. The van der Waals surface area contributed by atoms with Gasteiger partial charge in [0, 0.05) is 22.4 Å². The van der Waals surface area contributed by atoms with Crippen molar-refractivity contribution >= 4 is 23.4 Å². The number of nitrogen functional groups attached to an aromatic ring is 1. The fourth-order valence-corrected chi connectivity index (χ4v) is 2.01. The van der Waals surface area contributed by atoms with Crippen LogP contribution in [0.5, 0.6) is 5.75 Å². The normalized spacial score (nSPS) is 9.88. The van der Waals surface area contributed by atoms with Gasteiger partial charge >= 0.3 is 5.97 Å². The number of anilines is 1. The molecule has 5 heteroatoms. The number of benzene rings is 1. The zero-order chi connectivity index (χ0) is 12.0. The number of methoxy groups -OCH3 is 2. The van der Waals surface area contributed by atoms with E-state index < -0.39 is 0 Å². The standard InChI is InChI=1S/C11H15NO3S/c1-14-8-3-4-10(9(12)7-8)16-6-5-11(13)15-2/h3-4,7H,5-6,12H2,1-2H3. The predicted molar refractivity (Wildman–Crippen MR) is 64.8 cm³/mol. The summed E-state index contributed by atoms with van der Waals surface area (Å²) >= 11 is 1.53. The fraction of sp³-hybridized carbons (Fsp3) is 0.364. The highest BCUT2D eigenvalue weighted by Gasteiger charge is 2.04. The summed E-state index contributed by atoms with van der Waals surface area (Å²) in [6, 6.07) is 5.49. The summed E-state index contributed by atoms with van der Waals surface area (Å²) in [5.74, 6) is 1.18. The van der Waals surface area contributed by atoms with Gasteiger partial charge in [-0.25, -0.2) is 0 Å². The van der Waals surface area contributed by atoms with Crippen LogP contribution in [0, 0.1) is 0 Å². The van der Waals surface area contributed by atoms with Crippen molar-refractivity contribution in [3.8, 4) is 5.75 Å². The molecule has 0 radical (unpaired) electrons. The van der Waals surface area contributed by atoms with Crippen LogP contribution in [0.3, 0.4) is 0 Å². The Labute approximate surface area is 99.1 Å². The Balaban J connectivity index is 2.51. The lowest BCUT2D eigenvalue weighted by Crippen LogP contribution is -2.01. The van der Waals surface area contributed by atoms with Crippen LogP contribution < -0.4 is 10.5 Å². The van der Waals surface area contributed by atoms with Gasteiger partial charge in [0.2, 0.25) is 0 Å². The Kier molecular flexibility index (Phi) is 4.98. The van der Waals surface area contributed by atoms with Crippen LogP contribution in [0.15, 0.2) is 23.1 Å². The molecule has 1 aromatic rings. The molecule has 0 aromatic heterocycles. The van der Waals surface area contributed by atoms with E-state index in [0.717, 1.165) is 10.6 Å². The monoisotopic (exact) mass is 241 g/mol. The van der Waals surface area contributed by atoms with Crippen molar-refractivity contribution in [3.63, 3.8) is 0 Å². The molecule has 0 atom stereocenters. The lowest BCUT2D eigenvalue weighted by atomic mass is 10.3. The predicted octanol–water partition coefficient (Wildman–Crippen LogP) is 1.93. The molecule has 88 valence electrons. The van der Waals surface area contributed by atoms with E-state index >= 15 is 0 Å². The van der Waals surface area contributed by atoms with Gasteiger partial charge in [0.25, 0.3) is 0 Å². The summed E-state index contributed by atoms with van der Waals surface area (Å²) in [6.45, 7) is 0. The second-order valence-electron chi connectivity index (χ2n) is 3.08. The molecule has 16 heavy (non-hydrogen) atoms. The van der Waals surface area contributed by atoms with Crippen molar-refractivity contribution in [1.29, 1.82) is 0 Å². The third-order valence-electron chi connectivity index (χ3n) is 2.01. The van der Waals surface area contributed by atoms with Crippen LogP contribution in [0.2, 0.25) is 0 Å². The first-order chi connectivity index (χ1) is 7.67. The number of carbonyl (C=O) groups is 1. The third kappa shape index (κ3) is 3.66. The minimum absolute atomic E-state index is 0.209. The molecule has 0 unspecified atom stereocenters. The van der Waals surface area contributed by atoms with E-state index in [2.05, 4.69) is 4.74 Å². The van der Waals surface area contributed by atoms with E-state index in [4.69, 9.17) is 10.5 Å². The Morgan fingerprint density at radius 3 is 2.75 bits per heavy atom. The molecule has 0 saturated carbocycles. The topological polar surface area (TPSA) is 61.5 Å². The SMILES string of the molecule is COC(=O)CCSc1ccc(OC)cc1N. The number of nitrogens with two attached hydrogens (primary N) is 1. The molecule has 0 aliphatic rings. The minimum Gasteiger partial charge on any atom is -0.497 e. The number of esters is 1. The molecule has 0 bridgehead atoms. The Morgan fingerprint density at radius 2 is 2.19 bits per heavy atom. The largest absolute Gasteiger partial charge is 0.497 e. The third-order valence-corrected chi connectivity index (χ3v) is 3.10. The number of carbonyl (C=O) groups excluding carboxylic acids is 1. The molecule has 4 nitrogen and oxygen atoms in total. The highest BCUT2D eigenvalue weighted by atomic mass is 32.2. The summed E-state index contributed by atoms with van der Waals surface area (Å²) in [4.78, 5) is 11.8. The Morgan fingerprint density at radius 1 is 1.44 bits per heavy atom. The van der Waals surface area contributed by atoms with Gasteiger partial charge in [-0.1, -0.05) is 0 Å².